The Hall–Kier alpha value is -0.0300. The number of cyclic esters (lactones) is 1. The fraction of sp³-hybridized carbons (Fsp3) is 0.400. The summed E-state index contributed by atoms with van der Waals surface area (Å²) in [5, 5.41) is 0. The van der Waals surface area contributed by atoms with Crippen molar-refractivity contribution in [3.05, 3.63) is 10.4 Å². The smallest absolute Gasteiger partial charge is 0.332 e. The van der Waals surface area contributed by atoms with Crippen LogP contribution in [0.3, 0.4) is 0 Å². The predicted octanol–water partition coefficient (Wildman–Crippen LogP) is 1.52. The summed E-state index contributed by atoms with van der Waals surface area (Å²) in [6.07, 6.45) is 0. The Balaban J connectivity index is 2.83. The summed E-state index contributed by atoms with van der Waals surface area (Å²) in [5.41, 5.74) is 0. The predicted molar refractivity (Wildman–Crippen MR) is 41.8 cm³/mol. The lowest BCUT2D eigenvalue weighted by Crippen LogP contribution is -2.07. The summed E-state index contributed by atoms with van der Waals surface area (Å²) < 4.78 is 9.98. The molecule has 0 fully saturated rings. The molecule has 0 amide bonds. The number of hydrogen-bond acceptors (Lipinski definition) is 3. The Morgan fingerprint density at radius 2 is 2.30 bits per heavy atom. The molecule has 1 unspecified atom stereocenters. The van der Waals surface area contributed by atoms with E-state index in [-0.39, 0.29) is 11.9 Å². The number of carbonyl (C=O) groups excluding carboxylic acids is 1. The molecule has 0 radical (unpaired) electrons. The molecule has 0 saturated carbocycles. The van der Waals surface area contributed by atoms with Crippen molar-refractivity contribution < 1.29 is 14.3 Å². The highest BCUT2D eigenvalue weighted by Gasteiger charge is 2.33. The summed E-state index contributed by atoms with van der Waals surface area (Å²) in [5.74, 6) is -0.129. The SMILES string of the molecule is COC1=C(Br)C(Br)C(=O)O1. The first kappa shape index (κ1) is 8.07. The highest BCUT2D eigenvalue weighted by Crippen LogP contribution is 2.31. The number of rotatable bonds is 1. The van der Waals surface area contributed by atoms with Gasteiger partial charge in [0.05, 0.1) is 7.11 Å². The Kier molecular flexibility index (Phi) is 2.36. The van der Waals surface area contributed by atoms with E-state index < -0.39 is 4.83 Å². The van der Waals surface area contributed by atoms with E-state index in [0.29, 0.717) is 4.48 Å². The van der Waals surface area contributed by atoms with Crippen LogP contribution in [-0.4, -0.2) is 17.9 Å². The van der Waals surface area contributed by atoms with Gasteiger partial charge in [-0.3, -0.25) is 0 Å². The van der Waals surface area contributed by atoms with Gasteiger partial charge in [0.25, 0.3) is 5.95 Å². The highest BCUT2D eigenvalue weighted by molar-refractivity contribution is 9.14. The van der Waals surface area contributed by atoms with Crippen LogP contribution >= 0.6 is 31.9 Å². The van der Waals surface area contributed by atoms with Crippen LogP contribution < -0.4 is 0 Å². The molecule has 1 atom stereocenters. The van der Waals surface area contributed by atoms with Gasteiger partial charge in [0, 0.05) is 0 Å². The van der Waals surface area contributed by atoms with Crippen molar-refractivity contribution in [3.8, 4) is 0 Å². The van der Waals surface area contributed by atoms with Gasteiger partial charge in [0.1, 0.15) is 4.48 Å². The molecule has 0 aliphatic carbocycles. The Bertz CT molecular complexity index is 199. The fourth-order valence-corrected chi connectivity index (χ4v) is 1.25. The molecule has 1 aliphatic rings. The molecule has 0 bridgehead atoms. The van der Waals surface area contributed by atoms with Crippen LogP contribution in [-0.2, 0) is 14.3 Å². The van der Waals surface area contributed by atoms with Crippen molar-refractivity contribution in [1.82, 2.24) is 0 Å². The van der Waals surface area contributed by atoms with Crippen molar-refractivity contribution >= 4 is 37.8 Å². The van der Waals surface area contributed by atoms with E-state index in [1.165, 1.54) is 7.11 Å². The largest absolute Gasteiger partial charge is 0.468 e. The highest BCUT2D eigenvalue weighted by atomic mass is 79.9. The molecule has 0 N–H and O–H groups in total. The Labute approximate surface area is 74.6 Å². The van der Waals surface area contributed by atoms with Gasteiger partial charge in [-0.25, -0.2) is 4.79 Å². The maximum atomic E-state index is 10.7. The Morgan fingerprint density at radius 3 is 2.50 bits per heavy atom. The standard InChI is InChI=1S/C5H4Br2O3/c1-9-5-3(7)2(6)4(8)10-5/h2H,1H3. The van der Waals surface area contributed by atoms with Crippen molar-refractivity contribution in [2.24, 2.45) is 0 Å². The van der Waals surface area contributed by atoms with Crippen molar-refractivity contribution in [2.45, 2.75) is 4.83 Å². The van der Waals surface area contributed by atoms with E-state index in [4.69, 9.17) is 4.74 Å². The van der Waals surface area contributed by atoms with E-state index in [9.17, 15) is 4.79 Å². The third-order valence-electron chi connectivity index (χ3n) is 1.00. The minimum atomic E-state index is -0.414. The molecule has 5 heteroatoms. The number of ether oxygens (including phenoxy) is 2. The maximum absolute atomic E-state index is 10.7. The topological polar surface area (TPSA) is 35.5 Å². The minimum Gasteiger partial charge on any atom is -0.468 e. The van der Waals surface area contributed by atoms with Gasteiger partial charge in [-0.2, -0.15) is 0 Å². The molecule has 10 heavy (non-hydrogen) atoms. The van der Waals surface area contributed by atoms with Crippen LogP contribution in [0.4, 0.5) is 0 Å². The van der Waals surface area contributed by atoms with Gasteiger partial charge < -0.3 is 9.47 Å². The van der Waals surface area contributed by atoms with Gasteiger partial charge in [0.2, 0.25) is 0 Å². The summed E-state index contributed by atoms with van der Waals surface area (Å²) in [6.45, 7) is 0. The van der Waals surface area contributed by atoms with Crippen LogP contribution in [0.25, 0.3) is 0 Å². The molecule has 0 spiro atoms. The van der Waals surface area contributed by atoms with Gasteiger partial charge >= 0.3 is 5.97 Å². The summed E-state index contributed by atoms with van der Waals surface area (Å²) in [6, 6.07) is 0. The Morgan fingerprint density at radius 1 is 1.70 bits per heavy atom. The number of halogens is 2. The lowest BCUT2D eigenvalue weighted by atomic mass is 10.5. The zero-order valence-electron chi connectivity index (χ0n) is 5.06. The normalized spacial score (nSPS) is 25.1. The van der Waals surface area contributed by atoms with Crippen molar-refractivity contribution in [2.75, 3.05) is 7.11 Å². The van der Waals surface area contributed by atoms with Crippen molar-refractivity contribution in [1.29, 1.82) is 0 Å². The van der Waals surface area contributed by atoms with Crippen LogP contribution in [0.2, 0.25) is 0 Å². The van der Waals surface area contributed by atoms with Gasteiger partial charge in [-0.05, 0) is 15.9 Å². The second-order valence-electron chi connectivity index (χ2n) is 1.62. The lowest BCUT2D eigenvalue weighted by Gasteiger charge is -1.96. The number of methoxy groups -OCH3 is 1. The van der Waals surface area contributed by atoms with E-state index in [1.807, 2.05) is 0 Å². The third kappa shape index (κ3) is 1.20. The first-order chi connectivity index (χ1) is 4.66. The zero-order chi connectivity index (χ0) is 7.72. The first-order valence-electron chi connectivity index (χ1n) is 2.46. The molecule has 1 heterocycles. The number of carbonyl (C=O) groups is 1. The number of alkyl halides is 1. The van der Waals surface area contributed by atoms with E-state index in [1.54, 1.807) is 0 Å². The summed E-state index contributed by atoms with van der Waals surface area (Å²) >= 11 is 6.22. The van der Waals surface area contributed by atoms with Crippen molar-refractivity contribution in [3.63, 3.8) is 0 Å². The molecule has 1 rings (SSSR count). The van der Waals surface area contributed by atoms with Gasteiger partial charge in [-0.15, -0.1) is 0 Å². The van der Waals surface area contributed by atoms with Crippen LogP contribution in [0, 0.1) is 0 Å². The van der Waals surface area contributed by atoms with Crippen LogP contribution in [0.1, 0.15) is 0 Å². The lowest BCUT2D eigenvalue weighted by molar-refractivity contribution is -0.139. The molecule has 0 aromatic carbocycles. The third-order valence-corrected chi connectivity index (χ3v) is 3.23. The monoisotopic (exact) mass is 270 g/mol. The molecule has 3 nitrogen and oxygen atoms in total. The molecule has 1 aliphatic heterocycles. The molecular formula is C5H4Br2O3. The van der Waals surface area contributed by atoms with E-state index in [0.717, 1.165) is 0 Å². The molecule has 56 valence electrons. The summed E-state index contributed by atoms with van der Waals surface area (Å²) in [4.78, 5) is 10.3. The van der Waals surface area contributed by atoms with Gasteiger partial charge in [-0.1, -0.05) is 15.9 Å². The van der Waals surface area contributed by atoms with E-state index >= 15 is 0 Å². The van der Waals surface area contributed by atoms with Gasteiger partial charge in [0.15, 0.2) is 4.83 Å². The molecule has 0 aromatic heterocycles. The second kappa shape index (κ2) is 2.92. The first-order valence-corrected chi connectivity index (χ1v) is 4.17. The average Bonchev–Trinajstić information content (AvgIpc) is 2.17. The van der Waals surface area contributed by atoms with E-state index in [2.05, 4.69) is 36.6 Å². The average molecular weight is 272 g/mol. The second-order valence-corrected chi connectivity index (χ2v) is 3.39. The number of hydrogen-bond donors (Lipinski definition) is 0. The summed E-state index contributed by atoms with van der Waals surface area (Å²) in [7, 11) is 1.44. The van der Waals surface area contributed by atoms with Crippen LogP contribution in [0.5, 0.6) is 0 Å². The fourth-order valence-electron chi connectivity index (χ4n) is 0.538. The molecular weight excluding hydrogens is 268 g/mol. The van der Waals surface area contributed by atoms with Crippen LogP contribution in [0.15, 0.2) is 10.4 Å². The molecule has 0 saturated heterocycles. The quantitative estimate of drug-likeness (QED) is 0.536. The zero-order valence-corrected chi connectivity index (χ0v) is 8.23. The number of esters is 1. The maximum Gasteiger partial charge on any atom is 0.332 e. The molecule has 0 aromatic rings. The minimum absolute atomic E-state index is 0.229.